The van der Waals surface area contributed by atoms with Gasteiger partial charge in [0.2, 0.25) is 0 Å². The zero-order chi connectivity index (χ0) is 10.5. The average molecular weight is 205 g/mol. The minimum Gasteiger partial charge on any atom is -0.382 e. The van der Waals surface area contributed by atoms with Crippen LogP contribution in [0.5, 0.6) is 0 Å². The molecule has 80 valence electrons. The van der Waals surface area contributed by atoms with Gasteiger partial charge in [-0.05, 0) is 19.9 Å². The molecule has 0 amide bonds. The van der Waals surface area contributed by atoms with Gasteiger partial charge in [0.1, 0.15) is 5.60 Å². The van der Waals surface area contributed by atoms with E-state index in [9.17, 15) is 5.11 Å². The molecule has 2 fully saturated rings. The number of hydrogen-bond donors (Lipinski definition) is 1. The molecule has 3 rings (SSSR count). The van der Waals surface area contributed by atoms with Crippen molar-refractivity contribution in [1.82, 2.24) is 14.9 Å². The van der Waals surface area contributed by atoms with Crippen molar-refractivity contribution in [3.05, 3.63) is 23.8 Å². The van der Waals surface area contributed by atoms with E-state index in [1.54, 1.807) is 12.4 Å². The van der Waals surface area contributed by atoms with Crippen molar-refractivity contribution in [3.63, 3.8) is 0 Å². The van der Waals surface area contributed by atoms with Gasteiger partial charge in [-0.25, -0.2) is 0 Å². The summed E-state index contributed by atoms with van der Waals surface area (Å²) in [4.78, 5) is 10.8. The fourth-order valence-electron chi connectivity index (χ4n) is 2.80. The van der Waals surface area contributed by atoms with E-state index in [1.165, 1.54) is 0 Å². The van der Waals surface area contributed by atoms with Crippen LogP contribution in [0.2, 0.25) is 0 Å². The Kier molecular flexibility index (Phi) is 1.85. The maximum Gasteiger partial charge on any atom is 0.125 e. The monoisotopic (exact) mass is 205 g/mol. The largest absolute Gasteiger partial charge is 0.382 e. The molecular formula is C11H15N3O. The van der Waals surface area contributed by atoms with Crippen LogP contribution in [0.15, 0.2) is 12.4 Å². The number of aromatic nitrogens is 2. The van der Waals surface area contributed by atoms with Crippen LogP contribution in [0.1, 0.15) is 17.8 Å². The Morgan fingerprint density at radius 2 is 2.40 bits per heavy atom. The third-order valence-electron chi connectivity index (χ3n) is 3.61. The van der Waals surface area contributed by atoms with Crippen LogP contribution in [0.4, 0.5) is 0 Å². The first-order valence-electron chi connectivity index (χ1n) is 5.42. The highest BCUT2D eigenvalue weighted by Crippen LogP contribution is 2.42. The Bertz CT molecular complexity index is 395. The third kappa shape index (κ3) is 1.28. The van der Waals surface area contributed by atoms with Gasteiger partial charge in [-0.2, -0.15) is 0 Å². The first kappa shape index (κ1) is 9.24. The van der Waals surface area contributed by atoms with Gasteiger partial charge in [-0.3, -0.25) is 14.9 Å². The molecule has 2 aliphatic rings. The molecule has 2 bridgehead atoms. The molecule has 0 radical (unpaired) electrons. The van der Waals surface area contributed by atoms with E-state index in [1.807, 2.05) is 6.92 Å². The maximum absolute atomic E-state index is 10.6. The molecule has 3 heterocycles. The van der Waals surface area contributed by atoms with E-state index < -0.39 is 5.60 Å². The Morgan fingerprint density at radius 3 is 3.00 bits per heavy atom. The predicted molar refractivity (Wildman–Crippen MR) is 55.2 cm³/mol. The van der Waals surface area contributed by atoms with E-state index in [4.69, 9.17) is 0 Å². The van der Waals surface area contributed by atoms with Crippen LogP contribution in [0.3, 0.4) is 0 Å². The maximum atomic E-state index is 10.6. The summed E-state index contributed by atoms with van der Waals surface area (Å²) in [5.74, 6) is 0.341. The molecular weight excluding hydrogens is 190 g/mol. The molecule has 4 nitrogen and oxygen atoms in total. The van der Waals surface area contributed by atoms with Gasteiger partial charge in [-0.1, -0.05) is 0 Å². The Balaban J connectivity index is 2.00. The first-order valence-corrected chi connectivity index (χ1v) is 5.42. The van der Waals surface area contributed by atoms with Crippen LogP contribution < -0.4 is 0 Å². The number of rotatable bonds is 1. The highest BCUT2D eigenvalue weighted by molar-refractivity contribution is 5.18. The van der Waals surface area contributed by atoms with Gasteiger partial charge in [0, 0.05) is 25.2 Å². The lowest BCUT2D eigenvalue weighted by Crippen LogP contribution is -2.40. The second-order valence-corrected chi connectivity index (χ2v) is 4.69. The molecule has 0 saturated carbocycles. The molecule has 1 aromatic heterocycles. The highest BCUT2D eigenvalue weighted by atomic mass is 16.3. The summed E-state index contributed by atoms with van der Waals surface area (Å²) in [7, 11) is 0. The van der Waals surface area contributed by atoms with Gasteiger partial charge in [0.15, 0.2) is 0 Å². The Morgan fingerprint density at radius 1 is 1.53 bits per heavy atom. The molecule has 2 saturated heterocycles. The van der Waals surface area contributed by atoms with E-state index in [2.05, 4.69) is 14.9 Å². The number of aliphatic hydroxyl groups is 1. The summed E-state index contributed by atoms with van der Waals surface area (Å²) >= 11 is 0. The van der Waals surface area contributed by atoms with Crippen molar-refractivity contribution in [2.75, 3.05) is 19.6 Å². The van der Waals surface area contributed by atoms with Gasteiger partial charge < -0.3 is 5.11 Å². The van der Waals surface area contributed by atoms with E-state index in [-0.39, 0.29) is 0 Å². The average Bonchev–Trinajstić information content (AvgIpc) is 2.78. The van der Waals surface area contributed by atoms with Crippen molar-refractivity contribution >= 4 is 0 Å². The summed E-state index contributed by atoms with van der Waals surface area (Å²) < 4.78 is 0. The number of fused-ring (bicyclic) bond motifs is 2. The van der Waals surface area contributed by atoms with Crippen molar-refractivity contribution in [2.24, 2.45) is 5.92 Å². The number of piperidine rings is 1. The van der Waals surface area contributed by atoms with E-state index >= 15 is 0 Å². The highest BCUT2D eigenvalue weighted by Gasteiger charge is 2.51. The molecule has 0 aliphatic carbocycles. The Hall–Kier alpha value is -1.00. The standard InChI is InChI=1S/C11H15N3O/c1-8-4-12-5-10(13-8)11(15)7-14-3-2-9(11)6-14/h4-5,9,15H,2-3,6-7H2,1H3. The first-order chi connectivity index (χ1) is 7.18. The fraction of sp³-hybridized carbons (Fsp3) is 0.636. The number of hydrogen-bond acceptors (Lipinski definition) is 4. The molecule has 3 atom stereocenters. The van der Waals surface area contributed by atoms with Crippen molar-refractivity contribution in [2.45, 2.75) is 18.9 Å². The van der Waals surface area contributed by atoms with Crippen LogP contribution >= 0.6 is 0 Å². The van der Waals surface area contributed by atoms with Crippen molar-refractivity contribution in [3.8, 4) is 0 Å². The molecule has 3 unspecified atom stereocenters. The topological polar surface area (TPSA) is 49.3 Å². The molecule has 1 N–H and O–H groups in total. The van der Waals surface area contributed by atoms with Crippen LogP contribution in [-0.2, 0) is 5.60 Å². The second kappa shape index (κ2) is 3.00. The molecule has 15 heavy (non-hydrogen) atoms. The predicted octanol–water partition coefficient (Wildman–Crippen LogP) is 0.308. The molecule has 0 spiro atoms. The second-order valence-electron chi connectivity index (χ2n) is 4.69. The minimum absolute atomic E-state index is 0.341. The fourth-order valence-corrected chi connectivity index (χ4v) is 2.80. The number of aryl methyl sites for hydroxylation is 1. The SMILES string of the molecule is Cc1cncc(C2(O)CN3CCC2C3)n1. The smallest absolute Gasteiger partial charge is 0.125 e. The lowest BCUT2D eigenvalue weighted by Gasteiger charge is -2.31. The Labute approximate surface area is 89.0 Å². The molecule has 2 aliphatic heterocycles. The van der Waals surface area contributed by atoms with Crippen molar-refractivity contribution < 1.29 is 5.11 Å². The normalized spacial score (nSPS) is 38.5. The van der Waals surface area contributed by atoms with Gasteiger partial charge in [-0.15, -0.1) is 0 Å². The van der Waals surface area contributed by atoms with Gasteiger partial charge in [0.05, 0.1) is 17.6 Å². The quantitative estimate of drug-likeness (QED) is 0.716. The molecule has 0 aromatic carbocycles. The summed E-state index contributed by atoms with van der Waals surface area (Å²) in [5, 5.41) is 10.6. The zero-order valence-electron chi connectivity index (χ0n) is 8.85. The zero-order valence-corrected chi connectivity index (χ0v) is 8.85. The van der Waals surface area contributed by atoms with Crippen LogP contribution in [-0.4, -0.2) is 39.6 Å². The summed E-state index contributed by atoms with van der Waals surface area (Å²) in [6, 6.07) is 0. The van der Waals surface area contributed by atoms with Crippen molar-refractivity contribution in [1.29, 1.82) is 0 Å². The number of nitrogens with zero attached hydrogens (tertiary/aromatic N) is 3. The van der Waals surface area contributed by atoms with Crippen LogP contribution in [0.25, 0.3) is 0 Å². The van der Waals surface area contributed by atoms with Crippen LogP contribution in [0, 0.1) is 12.8 Å². The van der Waals surface area contributed by atoms with Gasteiger partial charge in [0.25, 0.3) is 0 Å². The van der Waals surface area contributed by atoms with E-state index in [0.717, 1.165) is 37.4 Å². The summed E-state index contributed by atoms with van der Waals surface area (Å²) in [6.07, 6.45) is 4.50. The summed E-state index contributed by atoms with van der Waals surface area (Å²) in [6.45, 7) is 4.75. The third-order valence-corrected chi connectivity index (χ3v) is 3.61. The van der Waals surface area contributed by atoms with Gasteiger partial charge >= 0.3 is 0 Å². The van der Waals surface area contributed by atoms with E-state index in [0.29, 0.717) is 5.92 Å². The minimum atomic E-state index is -0.753. The lowest BCUT2D eigenvalue weighted by molar-refractivity contribution is -0.0142. The molecule has 4 heteroatoms. The summed E-state index contributed by atoms with van der Waals surface area (Å²) in [5.41, 5.74) is 0.866. The lowest BCUT2D eigenvalue weighted by atomic mass is 9.85. The molecule has 1 aromatic rings.